The normalized spacial score (nSPS) is 10.8. The minimum Gasteiger partial charge on any atom is -0.435 e. The molecule has 0 aliphatic carbocycles. The van der Waals surface area contributed by atoms with Crippen LogP contribution in [0.5, 0.6) is 11.6 Å². The molecule has 0 fully saturated rings. The van der Waals surface area contributed by atoms with Crippen molar-refractivity contribution >= 4 is 11.6 Å². The predicted molar refractivity (Wildman–Crippen MR) is 75.5 cm³/mol. The van der Waals surface area contributed by atoms with Crippen LogP contribution in [0.25, 0.3) is 0 Å². The number of hydrogen-bond acceptors (Lipinski definition) is 4. The Morgan fingerprint density at radius 3 is 2.90 bits per heavy atom. The van der Waals surface area contributed by atoms with E-state index >= 15 is 0 Å². The van der Waals surface area contributed by atoms with Gasteiger partial charge < -0.3 is 10.1 Å². The largest absolute Gasteiger partial charge is 0.435 e. The number of hydrogen-bond donors (Lipinski definition) is 1. The van der Waals surface area contributed by atoms with E-state index < -0.39 is 5.82 Å². The van der Waals surface area contributed by atoms with Crippen LogP contribution in [-0.2, 0) is 6.54 Å². The zero-order valence-electron chi connectivity index (χ0n) is 11.2. The summed E-state index contributed by atoms with van der Waals surface area (Å²) in [6, 6.07) is 3.44. The Balaban J connectivity index is 2.18. The second-order valence-electron chi connectivity index (χ2n) is 4.57. The molecule has 4 nitrogen and oxygen atoms in total. The Morgan fingerprint density at radius 1 is 1.40 bits per heavy atom. The van der Waals surface area contributed by atoms with E-state index in [1.165, 1.54) is 18.6 Å². The van der Waals surface area contributed by atoms with Crippen LogP contribution in [0.15, 0.2) is 30.7 Å². The van der Waals surface area contributed by atoms with Gasteiger partial charge in [-0.25, -0.2) is 9.37 Å². The molecule has 20 heavy (non-hydrogen) atoms. The SMILES string of the molecule is CC(C)NCc1ccnc(Oc2cncc(Cl)c2)c1F. The summed E-state index contributed by atoms with van der Waals surface area (Å²) in [5, 5.41) is 3.56. The van der Waals surface area contributed by atoms with E-state index in [1.54, 1.807) is 12.1 Å². The number of pyridine rings is 2. The molecular formula is C14H15ClFN3O. The highest BCUT2D eigenvalue weighted by atomic mass is 35.5. The van der Waals surface area contributed by atoms with Crippen LogP contribution in [0, 0.1) is 5.82 Å². The summed E-state index contributed by atoms with van der Waals surface area (Å²) >= 11 is 5.80. The van der Waals surface area contributed by atoms with Crippen molar-refractivity contribution in [2.75, 3.05) is 0 Å². The molecule has 2 aromatic heterocycles. The van der Waals surface area contributed by atoms with Crippen molar-refractivity contribution < 1.29 is 9.13 Å². The fourth-order valence-electron chi connectivity index (χ4n) is 1.54. The van der Waals surface area contributed by atoms with Gasteiger partial charge in [0.1, 0.15) is 5.75 Å². The quantitative estimate of drug-likeness (QED) is 0.916. The van der Waals surface area contributed by atoms with E-state index in [2.05, 4.69) is 15.3 Å². The molecule has 1 N–H and O–H groups in total. The van der Waals surface area contributed by atoms with Gasteiger partial charge in [-0.05, 0) is 6.07 Å². The second kappa shape index (κ2) is 6.63. The molecule has 0 radical (unpaired) electrons. The third-order valence-corrected chi connectivity index (χ3v) is 2.74. The van der Waals surface area contributed by atoms with E-state index in [4.69, 9.17) is 16.3 Å². The molecule has 106 valence electrons. The van der Waals surface area contributed by atoms with Crippen molar-refractivity contribution in [1.82, 2.24) is 15.3 Å². The Labute approximate surface area is 122 Å². The molecule has 0 unspecified atom stereocenters. The maximum absolute atomic E-state index is 14.2. The topological polar surface area (TPSA) is 47.0 Å². The zero-order chi connectivity index (χ0) is 14.5. The third-order valence-electron chi connectivity index (χ3n) is 2.53. The van der Waals surface area contributed by atoms with Gasteiger partial charge in [0.15, 0.2) is 5.82 Å². The lowest BCUT2D eigenvalue weighted by molar-refractivity contribution is 0.415. The predicted octanol–water partition coefficient (Wildman–Crippen LogP) is 3.56. The van der Waals surface area contributed by atoms with Crippen LogP contribution >= 0.6 is 11.6 Å². The molecule has 0 saturated carbocycles. The first kappa shape index (κ1) is 14.7. The van der Waals surface area contributed by atoms with Crippen LogP contribution in [-0.4, -0.2) is 16.0 Å². The molecular weight excluding hydrogens is 281 g/mol. The molecule has 2 rings (SSSR count). The smallest absolute Gasteiger partial charge is 0.256 e. The monoisotopic (exact) mass is 295 g/mol. The van der Waals surface area contributed by atoms with Crippen molar-refractivity contribution in [2.24, 2.45) is 0 Å². The molecule has 0 spiro atoms. The number of nitrogens with zero attached hydrogens (tertiary/aromatic N) is 2. The molecule has 2 aromatic rings. The van der Waals surface area contributed by atoms with Crippen molar-refractivity contribution in [3.05, 3.63) is 47.1 Å². The third kappa shape index (κ3) is 3.88. The fourth-order valence-corrected chi connectivity index (χ4v) is 1.71. The summed E-state index contributed by atoms with van der Waals surface area (Å²) in [6.07, 6.45) is 4.43. The van der Waals surface area contributed by atoms with Gasteiger partial charge in [0.25, 0.3) is 5.88 Å². The van der Waals surface area contributed by atoms with E-state index in [1.807, 2.05) is 13.8 Å². The van der Waals surface area contributed by atoms with Crippen LogP contribution in [0.3, 0.4) is 0 Å². The fraction of sp³-hybridized carbons (Fsp3) is 0.286. The van der Waals surface area contributed by atoms with Gasteiger partial charge in [-0.1, -0.05) is 25.4 Å². The molecule has 0 aromatic carbocycles. The Kier molecular flexibility index (Phi) is 4.87. The van der Waals surface area contributed by atoms with Crippen LogP contribution in [0.1, 0.15) is 19.4 Å². The molecule has 2 heterocycles. The van der Waals surface area contributed by atoms with Gasteiger partial charge in [-0.3, -0.25) is 4.98 Å². The summed E-state index contributed by atoms with van der Waals surface area (Å²) in [5.41, 5.74) is 0.499. The Hall–Kier alpha value is -1.72. The van der Waals surface area contributed by atoms with E-state index in [9.17, 15) is 4.39 Å². The van der Waals surface area contributed by atoms with Crippen LogP contribution in [0.2, 0.25) is 5.02 Å². The van der Waals surface area contributed by atoms with Gasteiger partial charge in [0, 0.05) is 36.6 Å². The second-order valence-corrected chi connectivity index (χ2v) is 5.00. The molecule has 0 saturated heterocycles. The minimum atomic E-state index is -0.486. The van der Waals surface area contributed by atoms with Crippen LogP contribution < -0.4 is 10.1 Å². The summed E-state index contributed by atoms with van der Waals surface area (Å²) in [6.45, 7) is 4.40. The van der Waals surface area contributed by atoms with Gasteiger partial charge in [-0.2, -0.15) is 0 Å². The molecule has 0 amide bonds. The van der Waals surface area contributed by atoms with Gasteiger partial charge >= 0.3 is 0 Å². The Bertz CT molecular complexity index is 592. The number of halogens is 2. The summed E-state index contributed by atoms with van der Waals surface area (Å²) in [7, 11) is 0. The highest BCUT2D eigenvalue weighted by molar-refractivity contribution is 6.30. The number of ether oxygens (including phenoxy) is 1. The average Bonchev–Trinajstić information content (AvgIpc) is 2.40. The van der Waals surface area contributed by atoms with Gasteiger partial charge in [0.2, 0.25) is 0 Å². The maximum atomic E-state index is 14.2. The molecule has 0 aliphatic heterocycles. The molecule has 6 heteroatoms. The van der Waals surface area contributed by atoms with E-state index in [0.29, 0.717) is 22.9 Å². The van der Waals surface area contributed by atoms with Crippen molar-refractivity contribution in [1.29, 1.82) is 0 Å². The summed E-state index contributed by atoms with van der Waals surface area (Å²) < 4.78 is 19.6. The minimum absolute atomic E-state index is 0.0860. The van der Waals surface area contributed by atoms with E-state index in [0.717, 1.165) is 0 Å². The van der Waals surface area contributed by atoms with Crippen molar-refractivity contribution in [3.63, 3.8) is 0 Å². The molecule has 0 atom stereocenters. The summed E-state index contributed by atoms with van der Waals surface area (Å²) in [5.74, 6) is -0.226. The lowest BCUT2D eigenvalue weighted by atomic mass is 10.2. The Morgan fingerprint density at radius 2 is 2.20 bits per heavy atom. The number of nitrogens with one attached hydrogen (secondary N) is 1. The molecule has 0 bridgehead atoms. The standard InChI is InChI=1S/C14H15ClFN3O/c1-9(2)19-6-10-3-4-18-14(13(10)16)20-12-5-11(15)7-17-8-12/h3-5,7-9,19H,6H2,1-2H3. The van der Waals surface area contributed by atoms with Crippen LogP contribution in [0.4, 0.5) is 4.39 Å². The van der Waals surface area contributed by atoms with Crippen molar-refractivity contribution in [2.45, 2.75) is 26.4 Å². The van der Waals surface area contributed by atoms with Gasteiger partial charge in [-0.15, -0.1) is 0 Å². The van der Waals surface area contributed by atoms with Crippen molar-refractivity contribution in [3.8, 4) is 11.6 Å². The number of aromatic nitrogens is 2. The first-order valence-corrected chi connectivity index (χ1v) is 6.59. The molecule has 0 aliphatic rings. The highest BCUT2D eigenvalue weighted by Gasteiger charge is 2.12. The number of rotatable bonds is 5. The first-order valence-electron chi connectivity index (χ1n) is 6.21. The average molecular weight is 296 g/mol. The lowest BCUT2D eigenvalue weighted by Crippen LogP contribution is -2.22. The zero-order valence-corrected chi connectivity index (χ0v) is 12.0. The highest BCUT2D eigenvalue weighted by Crippen LogP contribution is 2.25. The maximum Gasteiger partial charge on any atom is 0.256 e. The lowest BCUT2D eigenvalue weighted by Gasteiger charge is -2.11. The van der Waals surface area contributed by atoms with Gasteiger partial charge in [0.05, 0.1) is 11.2 Å². The first-order chi connectivity index (χ1) is 9.56. The van der Waals surface area contributed by atoms with E-state index in [-0.39, 0.29) is 11.9 Å². The summed E-state index contributed by atoms with van der Waals surface area (Å²) in [4.78, 5) is 7.77.